The molecule has 3 aromatic rings. The molecule has 1 saturated heterocycles. The maximum atomic E-state index is 12.4. The highest BCUT2D eigenvalue weighted by molar-refractivity contribution is 5.35. The second-order valence-electron chi connectivity index (χ2n) is 5.98. The predicted octanol–water partition coefficient (Wildman–Crippen LogP) is 0.538. The smallest absolute Gasteiger partial charge is 0.314 e. The van der Waals surface area contributed by atoms with E-state index in [0.29, 0.717) is 12.2 Å². The number of pyridine rings is 2. The zero-order valence-electron chi connectivity index (χ0n) is 13.4. The van der Waals surface area contributed by atoms with Crippen LogP contribution in [0, 0.1) is 0 Å². The molecule has 0 spiro atoms. The Kier molecular flexibility index (Phi) is 4.10. The maximum absolute atomic E-state index is 12.4. The van der Waals surface area contributed by atoms with Crippen molar-refractivity contribution in [3.63, 3.8) is 0 Å². The molecule has 1 N–H and O–H groups in total. The third-order valence-corrected chi connectivity index (χ3v) is 4.51. The predicted molar refractivity (Wildman–Crippen MR) is 90.9 cm³/mol. The SMILES string of the molecule is O=c1n(CCN2CCNCC2c2cccnc2)nc2ccccn12. The normalized spacial score (nSPS) is 18.9. The lowest BCUT2D eigenvalue weighted by Crippen LogP contribution is -2.47. The minimum atomic E-state index is -0.0846. The number of fused-ring (bicyclic) bond motifs is 1. The average molecular weight is 324 g/mol. The molecular weight excluding hydrogens is 304 g/mol. The van der Waals surface area contributed by atoms with E-state index in [1.54, 1.807) is 21.5 Å². The summed E-state index contributed by atoms with van der Waals surface area (Å²) in [6.07, 6.45) is 5.46. The first-order valence-corrected chi connectivity index (χ1v) is 8.22. The van der Waals surface area contributed by atoms with Crippen LogP contribution in [0.15, 0.2) is 53.7 Å². The van der Waals surface area contributed by atoms with Crippen molar-refractivity contribution < 1.29 is 0 Å². The van der Waals surface area contributed by atoms with Crippen molar-refractivity contribution in [2.75, 3.05) is 26.2 Å². The molecule has 3 aromatic heterocycles. The first-order chi connectivity index (χ1) is 11.8. The average Bonchev–Trinajstić information content (AvgIpc) is 2.97. The Morgan fingerprint density at radius 3 is 3.00 bits per heavy atom. The van der Waals surface area contributed by atoms with Gasteiger partial charge in [-0.1, -0.05) is 12.1 Å². The second-order valence-corrected chi connectivity index (χ2v) is 5.98. The number of hydrogen-bond acceptors (Lipinski definition) is 5. The molecule has 1 aliphatic heterocycles. The van der Waals surface area contributed by atoms with Crippen molar-refractivity contribution in [2.45, 2.75) is 12.6 Å². The van der Waals surface area contributed by atoms with Gasteiger partial charge in [-0.25, -0.2) is 9.48 Å². The molecule has 124 valence electrons. The molecule has 4 heterocycles. The zero-order valence-corrected chi connectivity index (χ0v) is 13.4. The largest absolute Gasteiger partial charge is 0.350 e. The molecule has 0 radical (unpaired) electrons. The van der Waals surface area contributed by atoms with Gasteiger partial charge in [0.15, 0.2) is 5.65 Å². The van der Waals surface area contributed by atoms with Crippen molar-refractivity contribution in [1.29, 1.82) is 0 Å². The van der Waals surface area contributed by atoms with Gasteiger partial charge in [0.05, 0.1) is 6.54 Å². The van der Waals surface area contributed by atoms with Gasteiger partial charge in [0.2, 0.25) is 0 Å². The van der Waals surface area contributed by atoms with Crippen LogP contribution in [0.3, 0.4) is 0 Å². The molecule has 0 saturated carbocycles. The number of piperazine rings is 1. The van der Waals surface area contributed by atoms with Crippen LogP contribution in [0.25, 0.3) is 5.65 Å². The number of aromatic nitrogens is 4. The lowest BCUT2D eigenvalue weighted by atomic mass is 10.1. The molecule has 0 aliphatic carbocycles. The lowest BCUT2D eigenvalue weighted by Gasteiger charge is -2.36. The molecule has 1 atom stereocenters. The quantitative estimate of drug-likeness (QED) is 0.759. The van der Waals surface area contributed by atoms with Gasteiger partial charge in [0, 0.05) is 50.8 Å². The van der Waals surface area contributed by atoms with E-state index in [1.165, 1.54) is 5.56 Å². The van der Waals surface area contributed by atoms with Crippen LogP contribution >= 0.6 is 0 Å². The highest BCUT2D eigenvalue weighted by Gasteiger charge is 2.23. The van der Waals surface area contributed by atoms with Gasteiger partial charge in [-0.15, -0.1) is 5.10 Å². The summed E-state index contributed by atoms with van der Waals surface area (Å²) in [5.74, 6) is 0. The van der Waals surface area contributed by atoms with Gasteiger partial charge in [0.25, 0.3) is 0 Å². The van der Waals surface area contributed by atoms with Crippen LogP contribution in [-0.4, -0.2) is 50.2 Å². The van der Waals surface area contributed by atoms with Crippen LogP contribution in [0.2, 0.25) is 0 Å². The number of nitrogens with zero attached hydrogens (tertiary/aromatic N) is 5. The van der Waals surface area contributed by atoms with Crippen LogP contribution in [-0.2, 0) is 6.54 Å². The van der Waals surface area contributed by atoms with Crippen LogP contribution < -0.4 is 11.0 Å². The molecule has 1 fully saturated rings. The van der Waals surface area contributed by atoms with E-state index in [2.05, 4.69) is 26.4 Å². The van der Waals surface area contributed by atoms with Crippen LogP contribution in [0.4, 0.5) is 0 Å². The summed E-state index contributed by atoms with van der Waals surface area (Å²) in [6.45, 7) is 4.16. The lowest BCUT2D eigenvalue weighted by molar-refractivity contribution is 0.153. The fraction of sp³-hybridized carbons (Fsp3) is 0.353. The summed E-state index contributed by atoms with van der Waals surface area (Å²) in [6, 6.07) is 9.93. The Hall–Kier alpha value is -2.51. The Labute approximate surface area is 139 Å². The monoisotopic (exact) mass is 324 g/mol. The third-order valence-electron chi connectivity index (χ3n) is 4.51. The first kappa shape index (κ1) is 15.0. The molecule has 7 nitrogen and oxygen atoms in total. The molecule has 0 bridgehead atoms. The summed E-state index contributed by atoms with van der Waals surface area (Å²) in [5.41, 5.74) is 1.80. The van der Waals surface area contributed by atoms with E-state index in [1.807, 2.05) is 30.5 Å². The van der Waals surface area contributed by atoms with E-state index >= 15 is 0 Å². The molecular formula is C17H20N6O. The number of nitrogens with one attached hydrogen (secondary N) is 1. The van der Waals surface area contributed by atoms with Crippen molar-refractivity contribution in [2.24, 2.45) is 0 Å². The molecule has 0 amide bonds. The topological polar surface area (TPSA) is 67.5 Å². The fourth-order valence-corrected chi connectivity index (χ4v) is 3.25. The first-order valence-electron chi connectivity index (χ1n) is 8.22. The Morgan fingerprint density at radius 1 is 1.21 bits per heavy atom. The van der Waals surface area contributed by atoms with E-state index in [9.17, 15) is 4.79 Å². The summed E-state index contributed by atoms with van der Waals surface area (Å²) in [4.78, 5) is 19.0. The minimum Gasteiger partial charge on any atom is -0.314 e. The summed E-state index contributed by atoms with van der Waals surface area (Å²) >= 11 is 0. The van der Waals surface area contributed by atoms with Crippen LogP contribution in [0.5, 0.6) is 0 Å². The van der Waals surface area contributed by atoms with Crippen molar-refractivity contribution in [1.82, 2.24) is 29.4 Å². The fourth-order valence-electron chi connectivity index (χ4n) is 3.25. The van der Waals surface area contributed by atoms with Gasteiger partial charge >= 0.3 is 5.69 Å². The van der Waals surface area contributed by atoms with Gasteiger partial charge in [0.1, 0.15) is 0 Å². The van der Waals surface area contributed by atoms with Crippen LogP contribution in [0.1, 0.15) is 11.6 Å². The Bertz CT molecular complexity index is 871. The second kappa shape index (κ2) is 6.54. The number of hydrogen-bond donors (Lipinski definition) is 1. The summed E-state index contributed by atoms with van der Waals surface area (Å²) in [7, 11) is 0. The molecule has 4 rings (SSSR count). The van der Waals surface area contributed by atoms with E-state index in [0.717, 1.165) is 26.2 Å². The van der Waals surface area contributed by atoms with Gasteiger partial charge in [-0.05, 0) is 23.8 Å². The number of rotatable bonds is 4. The van der Waals surface area contributed by atoms with E-state index in [4.69, 9.17) is 0 Å². The summed E-state index contributed by atoms with van der Waals surface area (Å²) < 4.78 is 3.13. The minimum absolute atomic E-state index is 0.0846. The highest BCUT2D eigenvalue weighted by Crippen LogP contribution is 2.20. The maximum Gasteiger partial charge on any atom is 0.350 e. The molecule has 24 heavy (non-hydrogen) atoms. The Balaban J connectivity index is 1.53. The van der Waals surface area contributed by atoms with E-state index in [-0.39, 0.29) is 11.7 Å². The van der Waals surface area contributed by atoms with E-state index < -0.39 is 0 Å². The third kappa shape index (κ3) is 2.83. The van der Waals surface area contributed by atoms with Gasteiger partial charge in [-0.2, -0.15) is 0 Å². The standard InChI is InChI=1S/C17H20N6O/c24-17-22-8-2-1-5-16(22)20-23(17)11-10-21-9-7-19-13-15(21)14-4-3-6-18-12-14/h1-6,8,12,15,19H,7,9-11,13H2. The molecule has 0 aromatic carbocycles. The van der Waals surface area contributed by atoms with Gasteiger partial charge in [-0.3, -0.25) is 14.3 Å². The summed E-state index contributed by atoms with van der Waals surface area (Å²) in [5, 5.41) is 7.84. The Morgan fingerprint density at radius 2 is 2.17 bits per heavy atom. The van der Waals surface area contributed by atoms with Gasteiger partial charge < -0.3 is 5.32 Å². The van der Waals surface area contributed by atoms with Crippen molar-refractivity contribution >= 4 is 5.65 Å². The van der Waals surface area contributed by atoms with Crippen molar-refractivity contribution in [3.8, 4) is 0 Å². The molecule has 1 aliphatic rings. The zero-order chi connectivity index (χ0) is 16.4. The highest BCUT2D eigenvalue weighted by atomic mass is 16.2. The van der Waals surface area contributed by atoms with Crippen molar-refractivity contribution in [3.05, 3.63) is 65.0 Å². The molecule has 7 heteroatoms. The molecule has 1 unspecified atom stereocenters.